The molecule has 8 heteroatoms. The highest BCUT2D eigenvalue weighted by Gasteiger charge is 2.27. The molecule has 0 fully saturated rings. The highest BCUT2D eigenvalue weighted by atomic mass is 16.5. The van der Waals surface area contributed by atoms with E-state index in [1.165, 1.54) is 0 Å². The van der Waals surface area contributed by atoms with Crippen molar-refractivity contribution in [3.05, 3.63) is 59.7 Å². The normalized spacial score (nSPS) is 11.5. The fourth-order valence-corrected chi connectivity index (χ4v) is 3.39. The van der Waals surface area contributed by atoms with Gasteiger partial charge in [0.05, 0.1) is 20.6 Å². The largest absolute Gasteiger partial charge is 0.493 e. The van der Waals surface area contributed by atoms with Gasteiger partial charge in [0, 0.05) is 13.1 Å². The van der Waals surface area contributed by atoms with Crippen LogP contribution in [0.4, 0.5) is 0 Å². The van der Waals surface area contributed by atoms with Gasteiger partial charge in [-0.05, 0) is 36.1 Å². The minimum Gasteiger partial charge on any atom is -0.493 e. The maximum atomic E-state index is 12.7. The number of amides is 2. The molecule has 0 bridgehead atoms. The smallest absolute Gasteiger partial charge is 0.329 e. The summed E-state index contributed by atoms with van der Waals surface area (Å²) in [6.45, 7) is 5.83. The zero-order chi connectivity index (χ0) is 25.1. The predicted octanol–water partition coefficient (Wildman–Crippen LogP) is 2.98. The number of ether oxygens (including phenoxy) is 3. The van der Waals surface area contributed by atoms with Crippen molar-refractivity contribution >= 4 is 17.8 Å². The number of esters is 1. The van der Waals surface area contributed by atoms with Crippen LogP contribution in [0.15, 0.2) is 48.5 Å². The van der Waals surface area contributed by atoms with Crippen molar-refractivity contribution in [2.45, 2.75) is 39.8 Å². The van der Waals surface area contributed by atoms with Crippen molar-refractivity contribution in [1.29, 1.82) is 0 Å². The maximum Gasteiger partial charge on any atom is 0.329 e. The van der Waals surface area contributed by atoms with E-state index in [4.69, 9.17) is 14.2 Å². The maximum absolute atomic E-state index is 12.7. The molecule has 0 aliphatic rings. The minimum absolute atomic E-state index is 0.158. The molecule has 0 aliphatic heterocycles. The molecule has 0 saturated heterocycles. The van der Waals surface area contributed by atoms with E-state index in [1.807, 2.05) is 57.2 Å². The zero-order valence-electron chi connectivity index (χ0n) is 20.5. The van der Waals surface area contributed by atoms with Crippen LogP contribution in [0.5, 0.6) is 11.5 Å². The summed E-state index contributed by atoms with van der Waals surface area (Å²) in [5, 5.41) is 2.73. The van der Waals surface area contributed by atoms with Gasteiger partial charge < -0.3 is 24.4 Å². The molecule has 1 atom stereocenters. The van der Waals surface area contributed by atoms with Gasteiger partial charge in [-0.25, -0.2) is 4.79 Å². The molecule has 0 aliphatic carbocycles. The standard InChI is InChI=1S/C26H34N2O6/c1-6-28(16-20-12-13-21(32-4)22(14-20)33-5)24(30)17-34-26(31)25(18(2)3)27-23(29)15-19-10-8-7-9-11-19/h7-14,18,25H,6,15-17H2,1-5H3,(H,27,29)/t25-/m0/s1. The molecule has 0 radical (unpaired) electrons. The fraction of sp³-hybridized carbons (Fsp3) is 0.423. The van der Waals surface area contributed by atoms with Crippen LogP contribution in [0, 0.1) is 5.92 Å². The van der Waals surface area contributed by atoms with E-state index in [-0.39, 0.29) is 24.2 Å². The molecular weight excluding hydrogens is 436 g/mol. The van der Waals surface area contributed by atoms with Crippen LogP contribution in [-0.4, -0.2) is 56.1 Å². The van der Waals surface area contributed by atoms with Crippen LogP contribution in [-0.2, 0) is 32.1 Å². The molecular formula is C26H34N2O6. The molecule has 2 aromatic carbocycles. The first-order valence-corrected chi connectivity index (χ1v) is 11.3. The summed E-state index contributed by atoms with van der Waals surface area (Å²) in [6, 6.07) is 13.9. The van der Waals surface area contributed by atoms with Crippen molar-refractivity contribution in [2.24, 2.45) is 5.92 Å². The summed E-state index contributed by atoms with van der Waals surface area (Å²) in [7, 11) is 3.11. The summed E-state index contributed by atoms with van der Waals surface area (Å²) in [4.78, 5) is 39.4. The van der Waals surface area contributed by atoms with Crippen LogP contribution in [0.2, 0.25) is 0 Å². The van der Waals surface area contributed by atoms with Gasteiger partial charge in [-0.3, -0.25) is 9.59 Å². The number of hydrogen-bond donors (Lipinski definition) is 1. The number of nitrogens with zero attached hydrogens (tertiary/aromatic N) is 1. The molecule has 8 nitrogen and oxygen atoms in total. The Balaban J connectivity index is 1.94. The molecule has 0 spiro atoms. The molecule has 0 saturated carbocycles. The lowest BCUT2D eigenvalue weighted by molar-refractivity contribution is -0.155. The molecule has 0 aromatic heterocycles. The second kappa shape index (κ2) is 13.2. The molecule has 2 rings (SSSR count). The van der Waals surface area contributed by atoms with Crippen molar-refractivity contribution in [3.63, 3.8) is 0 Å². The number of likely N-dealkylation sites (N-methyl/N-ethyl adjacent to an activating group) is 1. The molecule has 0 unspecified atom stereocenters. The second-order valence-corrected chi connectivity index (χ2v) is 8.16. The van der Waals surface area contributed by atoms with Gasteiger partial charge in [0.1, 0.15) is 6.04 Å². The first-order chi connectivity index (χ1) is 16.3. The van der Waals surface area contributed by atoms with Gasteiger partial charge in [0.15, 0.2) is 18.1 Å². The van der Waals surface area contributed by atoms with Crippen LogP contribution in [0.3, 0.4) is 0 Å². The van der Waals surface area contributed by atoms with E-state index >= 15 is 0 Å². The minimum atomic E-state index is -0.843. The number of carbonyl (C=O) groups is 3. The van der Waals surface area contributed by atoms with Gasteiger partial charge in [0.25, 0.3) is 5.91 Å². The molecule has 184 valence electrons. The lowest BCUT2D eigenvalue weighted by atomic mass is 10.0. The van der Waals surface area contributed by atoms with Crippen molar-refractivity contribution in [1.82, 2.24) is 10.2 Å². The Morgan fingerprint density at radius 1 is 0.941 bits per heavy atom. The number of nitrogens with one attached hydrogen (secondary N) is 1. The Labute approximate surface area is 201 Å². The Kier molecular flexibility index (Phi) is 10.4. The highest BCUT2D eigenvalue weighted by Crippen LogP contribution is 2.28. The van der Waals surface area contributed by atoms with E-state index in [9.17, 15) is 14.4 Å². The van der Waals surface area contributed by atoms with Crippen LogP contribution >= 0.6 is 0 Å². The first kappa shape index (κ1) is 26.7. The first-order valence-electron chi connectivity index (χ1n) is 11.3. The van der Waals surface area contributed by atoms with E-state index < -0.39 is 18.6 Å². The summed E-state index contributed by atoms with van der Waals surface area (Å²) in [6.07, 6.45) is 0.158. The number of benzene rings is 2. The van der Waals surface area contributed by atoms with E-state index in [1.54, 1.807) is 31.3 Å². The number of carbonyl (C=O) groups excluding carboxylic acids is 3. The summed E-state index contributed by atoms with van der Waals surface area (Å²) < 4.78 is 15.9. The van der Waals surface area contributed by atoms with E-state index in [0.717, 1.165) is 11.1 Å². The topological polar surface area (TPSA) is 94.2 Å². The average Bonchev–Trinajstić information content (AvgIpc) is 2.84. The Bertz CT molecular complexity index is 961. The Morgan fingerprint density at radius 2 is 1.62 bits per heavy atom. The predicted molar refractivity (Wildman–Crippen MR) is 129 cm³/mol. The van der Waals surface area contributed by atoms with E-state index in [2.05, 4.69) is 5.32 Å². The van der Waals surface area contributed by atoms with Gasteiger partial charge in [-0.1, -0.05) is 50.2 Å². The van der Waals surface area contributed by atoms with Crippen LogP contribution in [0.25, 0.3) is 0 Å². The monoisotopic (exact) mass is 470 g/mol. The molecule has 0 heterocycles. The molecule has 1 N–H and O–H groups in total. The average molecular weight is 471 g/mol. The van der Waals surface area contributed by atoms with Crippen LogP contribution in [0.1, 0.15) is 31.9 Å². The Morgan fingerprint density at radius 3 is 2.21 bits per heavy atom. The van der Waals surface area contributed by atoms with Gasteiger partial charge in [0.2, 0.25) is 5.91 Å². The number of hydrogen-bond acceptors (Lipinski definition) is 6. The molecule has 2 amide bonds. The van der Waals surface area contributed by atoms with Crippen molar-refractivity contribution in [2.75, 3.05) is 27.4 Å². The number of methoxy groups -OCH3 is 2. The highest BCUT2D eigenvalue weighted by molar-refractivity contribution is 5.87. The quantitative estimate of drug-likeness (QED) is 0.480. The van der Waals surface area contributed by atoms with Gasteiger partial charge >= 0.3 is 5.97 Å². The lowest BCUT2D eigenvalue weighted by Crippen LogP contribution is -2.46. The lowest BCUT2D eigenvalue weighted by Gasteiger charge is -2.24. The van der Waals surface area contributed by atoms with Gasteiger partial charge in [-0.2, -0.15) is 0 Å². The summed E-state index contributed by atoms with van der Waals surface area (Å²) >= 11 is 0. The Hall–Kier alpha value is -3.55. The summed E-state index contributed by atoms with van der Waals surface area (Å²) in [5.74, 6) is -0.270. The third-order valence-electron chi connectivity index (χ3n) is 5.34. The third kappa shape index (κ3) is 7.79. The van der Waals surface area contributed by atoms with Crippen LogP contribution < -0.4 is 14.8 Å². The van der Waals surface area contributed by atoms with Gasteiger partial charge in [-0.15, -0.1) is 0 Å². The fourth-order valence-electron chi connectivity index (χ4n) is 3.39. The zero-order valence-corrected chi connectivity index (χ0v) is 20.5. The molecule has 2 aromatic rings. The van der Waals surface area contributed by atoms with E-state index in [0.29, 0.717) is 24.6 Å². The second-order valence-electron chi connectivity index (χ2n) is 8.16. The van der Waals surface area contributed by atoms with Crippen molar-refractivity contribution in [3.8, 4) is 11.5 Å². The number of rotatable bonds is 12. The molecule has 34 heavy (non-hydrogen) atoms. The summed E-state index contributed by atoms with van der Waals surface area (Å²) in [5.41, 5.74) is 1.70. The SMILES string of the molecule is CCN(Cc1ccc(OC)c(OC)c1)C(=O)COC(=O)[C@@H](NC(=O)Cc1ccccc1)C(C)C. The third-order valence-corrected chi connectivity index (χ3v) is 5.34. The van der Waals surface area contributed by atoms with Crippen molar-refractivity contribution < 1.29 is 28.6 Å².